The Bertz CT molecular complexity index is 619. The average molecular weight is 309 g/mol. The van der Waals surface area contributed by atoms with Gasteiger partial charge < -0.3 is 15.2 Å². The topological polar surface area (TPSA) is 76.4 Å². The number of amides is 1. The van der Waals surface area contributed by atoms with Gasteiger partial charge in [-0.15, -0.1) is 11.3 Å². The van der Waals surface area contributed by atoms with Gasteiger partial charge in [-0.1, -0.05) is 0 Å². The molecule has 21 heavy (non-hydrogen) atoms. The van der Waals surface area contributed by atoms with E-state index >= 15 is 0 Å². The first kappa shape index (κ1) is 15.7. The highest BCUT2D eigenvalue weighted by atomic mass is 32.1. The quantitative estimate of drug-likeness (QED) is 0.842. The molecule has 2 aromatic rings. The molecule has 0 aliphatic rings. The van der Waals surface area contributed by atoms with Crippen molar-refractivity contribution >= 4 is 17.2 Å². The number of thiophene rings is 1. The molecule has 1 unspecified atom stereocenters. The standard InChI is InChI=1S/C14H19N3O3S/c1-14(19,11-6-16-17(2)7-11)9-15-13(18)12-10(8-20-3)4-5-21-12/h4-7,19H,8-9H2,1-3H3,(H,15,18). The molecular weight excluding hydrogens is 290 g/mol. The number of nitrogens with zero attached hydrogens (tertiary/aromatic N) is 2. The Hall–Kier alpha value is -1.70. The van der Waals surface area contributed by atoms with E-state index in [0.717, 1.165) is 5.56 Å². The molecule has 0 aliphatic heterocycles. The fourth-order valence-corrected chi connectivity index (χ4v) is 2.76. The van der Waals surface area contributed by atoms with Gasteiger partial charge in [-0.2, -0.15) is 5.10 Å². The lowest BCUT2D eigenvalue weighted by Gasteiger charge is -2.22. The third-order valence-corrected chi connectivity index (χ3v) is 4.13. The maximum atomic E-state index is 12.2. The molecular formula is C14H19N3O3S. The normalized spacial score (nSPS) is 13.9. The number of carbonyl (C=O) groups is 1. The minimum Gasteiger partial charge on any atom is -0.383 e. The molecule has 2 rings (SSSR count). The number of methoxy groups -OCH3 is 1. The van der Waals surface area contributed by atoms with Gasteiger partial charge in [0, 0.05) is 31.5 Å². The van der Waals surface area contributed by atoms with Gasteiger partial charge in [-0.3, -0.25) is 9.48 Å². The van der Waals surface area contributed by atoms with E-state index in [4.69, 9.17) is 4.74 Å². The van der Waals surface area contributed by atoms with Crippen molar-refractivity contribution in [1.29, 1.82) is 0 Å². The van der Waals surface area contributed by atoms with Gasteiger partial charge in [0.2, 0.25) is 0 Å². The van der Waals surface area contributed by atoms with Crippen LogP contribution in [0.5, 0.6) is 0 Å². The maximum absolute atomic E-state index is 12.2. The molecule has 0 bridgehead atoms. The number of rotatable bonds is 6. The minimum atomic E-state index is -1.16. The Morgan fingerprint density at radius 2 is 2.38 bits per heavy atom. The van der Waals surface area contributed by atoms with Gasteiger partial charge in [0.05, 0.1) is 24.2 Å². The second-order valence-corrected chi connectivity index (χ2v) is 5.98. The zero-order valence-electron chi connectivity index (χ0n) is 12.3. The number of ether oxygens (including phenoxy) is 1. The molecule has 2 N–H and O–H groups in total. The predicted octanol–water partition coefficient (Wildman–Crippen LogP) is 1.27. The zero-order valence-corrected chi connectivity index (χ0v) is 13.1. The molecule has 0 spiro atoms. The highest BCUT2D eigenvalue weighted by Gasteiger charge is 2.26. The second kappa shape index (κ2) is 6.38. The van der Waals surface area contributed by atoms with Crippen molar-refractivity contribution in [2.24, 2.45) is 7.05 Å². The average Bonchev–Trinajstić information content (AvgIpc) is 3.06. The molecule has 0 saturated heterocycles. The number of aliphatic hydroxyl groups is 1. The summed E-state index contributed by atoms with van der Waals surface area (Å²) in [6.07, 6.45) is 3.32. The number of aromatic nitrogens is 2. The van der Waals surface area contributed by atoms with Gasteiger partial charge in [-0.25, -0.2) is 0 Å². The van der Waals surface area contributed by atoms with E-state index in [1.807, 2.05) is 11.4 Å². The van der Waals surface area contributed by atoms with Crippen molar-refractivity contribution in [3.05, 3.63) is 39.8 Å². The third-order valence-electron chi connectivity index (χ3n) is 3.17. The molecule has 2 heterocycles. The van der Waals surface area contributed by atoms with Crippen molar-refractivity contribution in [3.8, 4) is 0 Å². The van der Waals surface area contributed by atoms with Crippen molar-refractivity contribution in [3.63, 3.8) is 0 Å². The van der Waals surface area contributed by atoms with E-state index in [0.29, 0.717) is 17.0 Å². The summed E-state index contributed by atoms with van der Waals surface area (Å²) in [7, 11) is 3.37. The summed E-state index contributed by atoms with van der Waals surface area (Å²) in [5.41, 5.74) is 0.345. The molecule has 0 aliphatic carbocycles. The summed E-state index contributed by atoms with van der Waals surface area (Å²) >= 11 is 1.36. The first-order valence-corrected chi connectivity index (χ1v) is 7.37. The van der Waals surface area contributed by atoms with Crippen LogP contribution in [0.4, 0.5) is 0 Å². The summed E-state index contributed by atoms with van der Waals surface area (Å²) in [6, 6.07) is 1.86. The summed E-state index contributed by atoms with van der Waals surface area (Å²) in [4.78, 5) is 12.8. The molecule has 0 radical (unpaired) electrons. The predicted molar refractivity (Wildman–Crippen MR) is 80.1 cm³/mol. The van der Waals surface area contributed by atoms with Crippen molar-refractivity contribution in [1.82, 2.24) is 15.1 Å². The largest absolute Gasteiger partial charge is 0.383 e. The lowest BCUT2D eigenvalue weighted by molar-refractivity contribution is 0.0526. The SMILES string of the molecule is COCc1ccsc1C(=O)NCC(C)(O)c1cnn(C)c1. The van der Waals surface area contributed by atoms with E-state index in [-0.39, 0.29) is 12.5 Å². The molecule has 0 aromatic carbocycles. The summed E-state index contributed by atoms with van der Waals surface area (Å²) < 4.78 is 6.67. The lowest BCUT2D eigenvalue weighted by atomic mass is 10.00. The Labute approximate surface area is 127 Å². The van der Waals surface area contributed by atoms with Gasteiger partial charge in [0.15, 0.2) is 0 Å². The fraction of sp³-hybridized carbons (Fsp3) is 0.429. The molecule has 7 heteroatoms. The fourth-order valence-electron chi connectivity index (χ4n) is 1.94. The first-order chi connectivity index (χ1) is 9.94. The number of hydrogen-bond donors (Lipinski definition) is 2. The van der Waals surface area contributed by atoms with Crippen LogP contribution >= 0.6 is 11.3 Å². The second-order valence-electron chi connectivity index (χ2n) is 5.07. The van der Waals surface area contributed by atoms with Gasteiger partial charge in [0.1, 0.15) is 5.60 Å². The van der Waals surface area contributed by atoms with Crippen LogP contribution in [0.3, 0.4) is 0 Å². The van der Waals surface area contributed by atoms with Crippen molar-refractivity contribution < 1.29 is 14.6 Å². The molecule has 114 valence electrons. The monoisotopic (exact) mass is 309 g/mol. The maximum Gasteiger partial charge on any atom is 0.261 e. The van der Waals surface area contributed by atoms with Crippen molar-refractivity contribution in [2.75, 3.05) is 13.7 Å². The van der Waals surface area contributed by atoms with Gasteiger partial charge in [0.25, 0.3) is 5.91 Å². The van der Waals surface area contributed by atoms with E-state index in [2.05, 4.69) is 10.4 Å². The van der Waals surface area contributed by atoms with Gasteiger partial charge in [-0.05, 0) is 18.4 Å². The van der Waals surface area contributed by atoms with E-state index in [1.54, 1.807) is 38.2 Å². The zero-order chi connectivity index (χ0) is 15.5. The summed E-state index contributed by atoms with van der Waals surface area (Å²) in [5.74, 6) is -0.207. The van der Waals surface area contributed by atoms with Crippen LogP contribution in [0.2, 0.25) is 0 Å². The van der Waals surface area contributed by atoms with E-state index < -0.39 is 5.60 Å². The van der Waals surface area contributed by atoms with Crippen LogP contribution < -0.4 is 5.32 Å². The van der Waals surface area contributed by atoms with Crippen LogP contribution in [0.1, 0.15) is 27.7 Å². The summed E-state index contributed by atoms with van der Waals surface area (Å²) in [5, 5.41) is 19.1. The van der Waals surface area contributed by atoms with E-state index in [9.17, 15) is 9.90 Å². The smallest absolute Gasteiger partial charge is 0.261 e. The molecule has 0 saturated carbocycles. The Balaban J connectivity index is 2.01. The highest BCUT2D eigenvalue weighted by molar-refractivity contribution is 7.12. The third kappa shape index (κ3) is 3.69. The number of hydrogen-bond acceptors (Lipinski definition) is 5. The molecule has 0 fully saturated rings. The van der Waals surface area contributed by atoms with Crippen LogP contribution in [0.25, 0.3) is 0 Å². The Morgan fingerprint density at radius 3 is 3.00 bits per heavy atom. The number of nitrogens with one attached hydrogen (secondary N) is 1. The van der Waals surface area contributed by atoms with Crippen molar-refractivity contribution in [2.45, 2.75) is 19.1 Å². The first-order valence-electron chi connectivity index (χ1n) is 6.49. The highest BCUT2D eigenvalue weighted by Crippen LogP contribution is 2.20. The van der Waals surface area contributed by atoms with Crippen LogP contribution in [-0.2, 0) is 24.0 Å². The van der Waals surface area contributed by atoms with E-state index in [1.165, 1.54) is 11.3 Å². The van der Waals surface area contributed by atoms with Gasteiger partial charge >= 0.3 is 0 Å². The van der Waals surface area contributed by atoms with Crippen LogP contribution in [0.15, 0.2) is 23.8 Å². The lowest BCUT2D eigenvalue weighted by Crippen LogP contribution is -2.38. The number of carbonyl (C=O) groups excluding carboxylic acids is 1. The number of aryl methyl sites for hydroxylation is 1. The molecule has 1 atom stereocenters. The minimum absolute atomic E-state index is 0.113. The van der Waals surface area contributed by atoms with Crippen LogP contribution in [-0.4, -0.2) is 34.4 Å². The molecule has 6 nitrogen and oxygen atoms in total. The molecule has 1 amide bonds. The molecule has 2 aromatic heterocycles. The van der Waals surface area contributed by atoms with Crippen LogP contribution in [0, 0.1) is 0 Å². The Kier molecular flexibility index (Phi) is 4.76. The Morgan fingerprint density at radius 1 is 1.62 bits per heavy atom. The summed E-state index contributed by atoms with van der Waals surface area (Å²) in [6.45, 7) is 2.15.